The fraction of sp³-hybridized carbons (Fsp3) is 0.700. The van der Waals surface area contributed by atoms with E-state index in [-0.39, 0.29) is 24.0 Å². The Morgan fingerprint density at radius 2 is 2.15 bits per heavy atom. The van der Waals surface area contributed by atoms with E-state index >= 15 is 0 Å². The van der Waals surface area contributed by atoms with Crippen molar-refractivity contribution in [3.63, 3.8) is 0 Å². The molecule has 150 valence electrons. The molecule has 2 fully saturated rings. The standard InChI is InChI=1S/C20H30N2O4S/c1-15(23)21-19(2)14-20(26-13-17(19)24)8-10-22(11-9-20)18(25)7-3-5-16-6-4-12-27-16/h4,6,12,17,24H,3,5,7-11,13-14H2,1-2H3,(H,21,23)/t17-,19-/m1/s1. The average molecular weight is 395 g/mol. The maximum atomic E-state index is 12.5. The maximum absolute atomic E-state index is 12.5. The number of nitrogens with one attached hydrogen (secondary N) is 1. The predicted molar refractivity (Wildman–Crippen MR) is 105 cm³/mol. The molecule has 7 heteroatoms. The van der Waals surface area contributed by atoms with Crippen LogP contribution in [0.3, 0.4) is 0 Å². The highest BCUT2D eigenvalue weighted by atomic mass is 32.1. The van der Waals surface area contributed by atoms with E-state index in [0.717, 1.165) is 25.7 Å². The molecule has 2 saturated heterocycles. The SMILES string of the molecule is CC(=O)N[C@]1(C)CC2(CCN(C(=O)CCCc3cccs3)CC2)OC[C@H]1O. The molecule has 1 aromatic rings. The van der Waals surface area contributed by atoms with E-state index in [1.165, 1.54) is 11.8 Å². The zero-order chi connectivity index (χ0) is 19.5. The minimum absolute atomic E-state index is 0.146. The molecule has 1 spiro atoms. The van der Waals surface area contributed by atoms with Crippen LogP contribution >= 0.6 is 11.3 Å². The molecule has 2 aliphatic heterocycles. The first-order valence-corrected chi connectivity index (χ1v) is 10.6. The van der Waals surface area contributed by atoms with Gasteiger partial charge in [0.15, 0.2) is 0 Å². The molecule has 2 aliphatic rings. The Labute approximate surface area is 164 Å². The number of aliphatic hydroxyl groups excluding tert-OH is 1. The number of piperidine rings is 1. The van der Waals surface area contributed by atoms with Crippen LogP contribution in [-0.2, 0) is 20.7 Å². The van der Waals surface area contributed by atoms with Gasteiger partial charge >= 0.3 is 0 Å². The third-order valence-electron chi connectivity index (χ3n) is 5.86. The van der Waals surface area contributed by atoms with Crippen molar-refractivity contribution >= 4 is 23.2 Å². The first kappa shape index (κ1) is 20.3. The Kier molecular flexibility index (Phi) is 6.23. The van der Waals surface area contributed by atoms with Gasteiger partial charge in [0.2, 0.25) is 11.8 Å². The first-order chi connectivity index (χ1) is 12.8. The molecule has 1 aromatic heterocycles. The molecule has 3 rings (SSSR count). The Morgan fingerprint density at radius 1 is 1.41 bits per heavy atom. The first-order valence-electron chi connectivity index (χ1n) is 9.73. The summed E-state index contributed by atoms with van der Waals surface area (Å²) in [4.78, 5) is 27.3. The van der Waals surface area contributed by atoms with Gasteiger partial charge in [0.1, 0.15) is 6.10 Å². The number of carbonyl (C=O) groups is 2. The van der Waals surface area contributed by atoms with E-state index in [0.29, 0.717) is 25.9 Å². The van der Waals surface area contributed by atoms with Gasteiger partial charge in [0.05, 0.1) is 17.7 Å². The largest absolute Gasteiger partial charge is 0.388 e. The van der Waals surface area contributed by atoms with Gasteiger partial charge in [-0.3, -0.25) is 9.59 Å². The Bertz CT molecular complexity index is 655. The van der Waals surface area contributed by atoms with Crippen molar-refractivity contribution in [1.29, 1.82) is 0 Å². The van der Waals surface area contributed by atoms with Crippen molar-refractivity contribution in [2.45, 2.75) is 69.6 Å². The third kappa shape index (κ3) is 4.89. The van der Waals surface area contributed by atoms with E-state index in [1.807, 2.05) is 17.9 Å². The molecular weight excluding hydrogens is 364 g/mol. The maximum Gasteiger partial charge on any atom is 0.222 e. The van der Waals surface area contributed by atoms with E-state index in [2.05, 4.69) is 16.8 Å². The van der Waals surface area contributed by atoms with Crippen LogP contribution in [0.5, 0.6) is 0 Å². The second-order valence-electron chi connectivity index (χ2n) is 8.10. The molecule has 2 amide bonds. The molecular formula is C20H30N2O4S. The van der Waals surface area contributed by atoms with Crippen molar-refractivity contribution in [2.24, 2.45) is 0 Å². The lowest BCUT2D eigenvalue weighted by molar-refractivity contribution is -0.182. The van der Waals surface area contributed by atoms with Crippen LogP contribution in [0.25, 0.3) is 0 Å². The summed E-state index contributed by atoms with van der Waals surface area (Å²) in [6.07, 6.45) is 3.75. The molecule has 0 aliphatic carbocycles. The molecule has 2 N–H and O–H groups in total. The monoisotopic (exact) mass is 394 g/mol. The summed E-state index contributed by atoms with van der Waals surface area (Å²) in [7, 11) is 0. The van der Waals surface area contributed by atoms with Crippen molar-refractivity contribution in [2.75, 3.05) is 19.7 Å². The predicted octanol–water partition coefficient (Wildman–Crippen LogP) is 2.11. The average Bonchev–Trinajstić information content (AvgIpc) is 3.12. The van der Waals surface area contributed by atoms with Crippen molar-refractivity contribution < 1.29 is 19.4 Å². The number of ether oxygens (including phenoxy) is 1. The van der Waals surface area contributed by atoms with Gasteiger partial charge < -0.3 is 20.1 Å². The van der Waals surface area contributed by atoms with Crippen molar-refractivity contribution in [1.82, 2.24) is 10.2 Å². The van der Waals surface area contributed by atoms with E-state index in [9.17, 15) is 14.7 Å². The molecule has 0 unspecified atom stereocenters. The molecule has 0 aromatic carbocycles. The number of likely N-dealkylation sites (tertiary alicyclic amines) is 1. The molecule has 27 heavy (non-hydrogen) atoms. The summed E-state index contributed by atoms with van der Waals surface area (Å²) in [5.41, 5.74) is -1.05. The Morgan fingerprint density at radius 3 is 2.78 bits per heavy atom. The summed E-state index contributed by atoms with van der Waals surface area (Å²) in [6.45, 7) is 4.91. The summed E-state index contributed by atoms with van der Waals surface area (Å²) in [6, 6.07) is 4.16. The van der Waals surface area contributed by atoms with Crippen LogP contribution in [0.4, 0.5) is 0 Å². The number of rotatable bonds is 5. The number of nitrogens with zero attached hydrogens (tertiary/aromatic N) is 1. The van der Waals surface area contributed by atoms with Gasteiger partial charge in [-0.15, -0.1) is 11.3 Å². The zero-order valence-electron chi connectivity index (χ0n) is 16.2. The lowest BCUT2D eigenvalue weighted by Crippen LogP contribution is -2.65. The molecule has 2 atom stereocenters. The number of thiophene rings is 1. The highest BCUT2D eigenvalue weighted by molar-refractivity contribution is 7.09. The topological polar surface area (TPSA) is 78.9 Å². The third-order valence-corrected chi connectivity index (χ3v) is 6.79. The number of hydrogen-bond acceptors (Lipinski definition) is 5. The van der Waals surface area contributed by atoms with Crippen LogP contribution in [0.1, 0.15) is 50.8 Å². The molecule has 0 saturated carbocycles. The molecule has 0 radical (unpaired) electrons. The van der Waals surface area contributed by atoms with Gasteiger partial charge in [0.25, 0.3) is 0 Å². The second-order valence-corrected chi connectivity index (χ2v) is 9.13. The Hall–Kier alpha value is -1.44. The summed E-state index contributed by atoms with van der Waals surface area (Å²) in [5.74, 6) is 0.0637. The number of amides is 2. The zero-order valence-corrected chi connectivity index (χ0v) is 17.0. The highest BCUT2D eigenvalue weighted by Crippen LogP contribution is 2.39. The number of aryl methyl sites for hydroxylation is 1. The van der Waals surface area contributed by atoms with Crippen LogP contribution in [0.15, 0.2) is 17.5 Å². The molecule has 3 heterocycles. The number of hydrogen-bond donors (Lipinski definition) is 2. The normalized spacial score (nSPS) is 27.5. The highest BCUT2D eigenvalue weighted by Gasteiger charge is 2.50. The van der Waals surface area contributed by atoms with Crippen LogP contribution in [-0.4, -0.2) is 58.8 Å². The van der Waals surface area contributed by atoms with Gasteiger partial charge in [-0.2, -0.15) is 0 Å². The summed E-state index contributed by atoms with van der Waals surface area (Å²) >= 11 is 1.74. The lowest BCUT2D eigenvalue weighted by Gasteiger charge is -2.51. The van der Waals surface area contributed by atoms with Gasteiger partial charge in [0, 0.05) is 37.7 Å². The van der Waals surface area contributed by atoms with Gasteiger partial charge in [-0.05, 0) is 44.1 Å². The molecule has 0 bridgehead atoms. The van der Waals surface area contributed by atoms with Crippen LogP contribution in [0, 0.1) is 0 Å². The lowest BCUT2D eigenvalue weighted by atomic mass is 9.74. The van der Waals surface area contributed by atoms with Gasteiger partial charge in [-0.1, -0.05) is 6.07 Å². The second kappa shape index (κ2) is 8.29. The minimum atomic E-state index is -0.719. The summed E-state index contributed by atoms with van der Waals surface area (Å²) < 4.78 is 6.02. The fourth-order valence-electron chi connectivity index (χ4n) is 4.32. The minimum Gasteiger partial charge on any atom is -0.388 e. The number of carbonyl (C=O) groups excluding carboxylic acids is 2. The smallest absolute Gasteiger partial charge is 0.222 e. The summed E-state index contributed by atoms with van der Waals surface area (Å²) in [5, 5.41) is 15.3. The van der Waals surface area contributed by atoms with Gasteiger partial charge in [-0.25, -0.2) is 0 Å². The van der Waals surface area contributed by atoms with Crippen molar-refractivity contribution in [3.05, 3.63) is 22.4 Å². The van der Waals surface area contributed by atoms with E-state index in [1.54, 1.807) is 11.3 Å². The van der Waals surface area contributed by atoms with E-state index in [4.69, 9.17) is 4.74 Å². The van der Waals surface area contributed by atoms with Crippen LogP contribution in [0.2, 0.25) is 0 Å². The van der Waals surface area contributed by atoms with Crippen molar-refractivity contribution in [3.8, 4) is 0 Å². The fourth-order valence-corrected chi connectivity index (χ4v) is 5.07. The number of aliphatic hydroxyl groups is 1. The van der Waals surface area contributed by atoms with E-state index < -0.39 is 11.6 Å². The quantitative estimate of drug-likeness (QED) is 0.802. The molecule has 6 nitrogen and oxygen atoms in total. The Balaban J connectivity index is 1.50. The van der Waals surface area contributed by atoms with Crippen LogP contribution < -0.4 is 5.32 Å².